The lowest BCUT2D eigenvalue weighted by molar-refractivity contribution is 0.0924. The SMILES string of the molecule is O=C(NC1CC2CCC(C1)N2)c1cn[nH]c1-c1ccccc1F. The number of hydrogen-bond acceptors (Lipinski definition) is 3. The van der Waals surface area contributed by atoms with Crippen LogP contribution in [-0.4, -0.2) is 34.2 Å². The Labute approximate surface area is 133 Å². The highest BCUT2D eigenvalue weighted by Gasteiger charge is 2.34. The van der Waals surface area contributed by atoms with E-state index < -0.39 is 0 Å². The summed E-state index contributed by atoms with van der Waals surface area (Å²) in [4.78, 5) is 12.6. The maximum absolute atomic E-state index is 14.0. The van der Waals surface area contributed by atoms with Crippen molar-refractivity contribution in [3.63, 3.8) is 0 Å². The van der Waals surface area contributed by atoms with E-state index in [4.69, 9.17) is 0 Å². The highest BCUT2D eigenvalue weighted by Crippen LogP contribution is 2.28. The fraction of sp³-hybridized carbons (Fsp3) is 0.412. The van der Waals surface area contributed by atoms with Crippen LogP contribution in [-0.2, 0) is 0 Å². The molecule has 0 saturated carbocycles. The van der Waals surface area contributed by atoms with E-state index in [0.29, 0.717) is 28.9 Å². The van der Waals surface area contributed by atoms with E-state index in [1.54, 1.807) is 18.2 Å². The second-order valence-electron chi connectivity index (χ2n) is 6.42. The van der Waals surface area contributed by atoms with Gasteiger partial charge in [0.15, 0.2) is 0 Å². The lowest BCUT2D eigenvalue weighted by atomic mass is 9.99. The number of rotatable bonds is 3. The summed E-state index contributed by atoms with van der Waals surface area (Å²) in [7, 11) is 0. The first-order valence-electron chi connectivity index (χ1n) is 8.06. The van der Waals surface area contributed by atoms with Crippen LogP contribution in [0, 0.1) is 5.82 Å². The standard InChI is InChI=1S/C17H19FN4O/c18-15-4-2-1-3-13(15)16-14(9-19-22-16)17(23)21-12-7-10-5-6-11(8-12)20-10/h1-4,9-12,20H,5-8H2,(H,19,22)(H,21,23). The van der Waals surface area contributed by atoms with Gasteiger partial charge in [-0.25, -0.2) is 4.39 Å². The largest absolute Gasteiger partial charge is 0.349 e. The zero-order valence-electron chi connectivity index (χ0n) is 12.7. The summed E-state index contributed by atoms with van der Waals surface area (Å²) in [5, 5.41) is 13.3. The van der Waals surface area contributed by atoms with Gasteiger partial charge in [0.25, 0.3) is 5.91 Å². The van der Waals surface area contributed by atoms with E-state index in [2.05, 4.69) is 20.8 Å². The van der Waals surface area contributed by atoms with Gasteiger partial charge in [0, 0.05) is 23.7 Å². The second kappa shape index (κ2) is 5.77. The van der Waals surface area contributed by atoms with Crippen LogP contribution in [0.25, 0.3) is 11.3 Å². The molecule has 3 N–H and O–H groups in total. The van der Waals surface area contributed by atoms with Crippen molar-refractivity contribution in [3.8, 4) is 11.3 Å². The predicted octanol–water partition coefficient (Wildman–Crippen LogP) is 2.23. The predicted molar refractivity (Wildman–Crippen MR) is 84.4 cm³/mol. The number of nitrogens with zero attached hydrogens (tertiary/aromatic N) is 1. The highest BCUT2D eigenvalue weighted by atomic mass is 19.1. The minimum absolute atomic E-state index is 0.171. The number of aromatic amines is 1. The zero-order chi connectivity index (χ0) is 15.8. The van der Waals surface area contributed by atoms with E-state index >= 15 is 0 Å². The molecule has 4 rings (SSSR count). The van der Waals surface area contributed by atoms with E-state index in [1.165, 1.54) is 25.1 Å². The van der Waals surface area contributed by atoms with Gasteiger partial charge in [-0.15, -0.1) is 0 Å². The molecule has 2 atom stereocenters. The Morgan fingerprint density at radius 3 is 2.70 bits per heavy atom. The lowest BCUT2D eigenvalue weighted by Crippen LogP contribution is -2.48. The van der Waals surface area contributed by atoms with Crippen LogP contribution in [0.4, 0.5) is 4.39 Å². The Balaban J connectivity index is 1.54. The van der Waals surface area contributed by atoms with Crippen molar-refractivity contribution in [1.29, 1.82) is 0 Å². The molecule has 3 heterocycles. The van der Waals surface area contributed by atoms with Gasteiger partial charge in [-0.05, 0) is 37.8 Å². The van der Waals surface area contributed by atoms with Crippen molar-refractivity contribution in [2.45, 2.75) is 43.8 Å². The van der Waals surface area contributed by atoms with Crippen LogP contribution in [0.1, 0.15) is 36.0 Å². The van der Waals surface area contributed by atoms with Crippen molar-refractivity contribution >= 4 is 5.91 Å². The Morgan fingerprint density at radius 2 is 1.96 bits per heavy atom. The van der Waals surface area contributed by atoms with E-state index in [9.17, 15) is 9.18 Å². The van der Waals surface area contributed by atoms with Gasteiger partial charge in [0.2, 0.25) is 0 Å². The van der Waals surface area contributed by atoms with Gasteiger partial charge in [-0.2, -0.15) is 5.10 Å². The minimum Gasteiger partial charge on any atom is -0.349 e. The van der Waals surface area contributed by atoms with Crippen molar-refractivity contribution in [3.05, 3.63) is 41.8 Å². The molecule has 1 aromatic heterocycles. The first-order chi connectivity index (χ1) is 11.2. The molecule has 2 unspecified atom stereocenters. The summed E-state index contributed by atoms with van der Waals surface area (Å²) in [5.74, 6) is -0.561. The van der Waals surface area contributed by atoms with Crippen LogP contribution in [0.2, 0.25) is 0 Å². The normalized spacial score (nSPS) is 26.2. The first-order valence-corrected chi connectivity index (χ1v) is 8.06. The van der Waals surface area contributed by atoms with E-state index in [1.807, 2.05) is 0 Å². The number of piperidine rings is 1. The fourth-order valence-electron chi connectivity index (χ4n) is 3.77. The number of carbonyl (C=O) groups excluding carboxylic acids is 1. The molecule has 2 aliphatic rings. The summed E-state index contributed by atoms with van der Waals surface area (Å²) < 4.78 is 14.0. The second-order valence-corrected chi connectivity index (χ2v) is 6.42. The van der Waals surface area contributed by atoms with Gasteiger partial charge in [-0.3, -0.25) is 9.89 Å². The molecule has 2 aliphatic heterocycles. The maximum Gasteiger partial charge on any atom is 0.255 e. The summed E-state index contributed by atoms with van der Waals surface area (Å²) in [6.45, 7) is 0. The van der Waals surface area contributed by atoms with Crippen LogP contribution in [0.15, 0.2) is 30.5 Å². The van der Waals surface area contributed by atoms with Gasteiger partial charge >= 0.3 is 0 Å². The number of amides is 1. The first kappa shape index (κ1) is 14.4. The van der Waals surface area contributed by atoms with Gasteiger partial charge in [0.1, 0.15) is 5.82 Å². The molecular formula is C17H19FN4O. The lowest BCUT2D eigenvalue weighted by Gasteiger charge is -2.29. The molecule has 0 spiro atoms. The Hall–Kier alpha value is -2.21. The number of aromatic nitrogens is 2. The number of hydrogen-bond donors (Lipinski definition) is 3. The number of fused-ring (bicyclic) bond motifs is 2. The summed E-state index contributed by atoms with van der Waals surface area (Å²) in [6, 6.07) is 7.58. The van der Waals surface area contributed by atoms with Crippen molar-refractivity contribution in [1.82, 2.24) is 20.8 Å². The molecule has 2 saturated heterocycles. The van der Waals surface area contributed by atoms with Gasteiger partial charge in [0.05, 0.1) is 17.5 Å². The molecule has 120 valence electrons. The summed E-state index contributed by atoms with van der Waals surface area (Å²) in [6.07, 6.45) is 5.74. The third kappa shape index (κ3) is 2.74. The molecule has 0 aliphatic carbocycles. The zero-order valence-corrected chi connectivity index (χ0v) is 12.7. The summed E-state index contributed by atoms with van der Waals surface area (Å²) >= 11 is 0. The van der Waals surface area contributed by atoms with Gasteiger partial charge in [-0.1, -0.05) is 12.1 Å². The highest BCUT2D eigenvalue weighted by molar-refractivity contribution is 5.99. The third-order valence-electron chi connectivity index (χ3n) is 4.84. The molecular weight excluding hydrogens is 295 g/mol. The molecule has 2 bridgehead atoms. The summed E-state index contributed by atoms with van der Waals surface area (Å²) in [5.41, 5.74) is 1.18. The quantitative estimate of drug-likeness (QED) is 0.813. The van der Waals surface area contributed by atoms with Crippen LogP contribution in [0.5, 0.6) is 0 Å². The van der Waals surface area contributed by atoms with Crippen LogP contribution >= 0.6 is 0 Å². The van der Waals surface area contributed by atoms with Crippen LogP contribution in [0.3, 0.4) is 0 Å². The Morgan fingerprint density at radius 1 is 1.22 bits per heavy atom. The monoisotopic (exact) mass is 314 g/mol. The number of H-pyrrole nitrogens is 1. The molecule has 2 aromatic rings. The average molecular weight is 314 g/mol. The topological polar surface area (TPSA) is 69.8 Å². The minimum atomic E-state index is -0.370. The fourth-order valence-corrected chi connectivity index (χ4v) is 3.77. The molecule has 5 nitrogen and oxygen atoms in total. The molecule has 0 radical (unpaired) electrons. The number of benzene rings is 1. The Kier molecular flexibility index (Phi) is 3.61. The molecule has 1 amide bonds. The van der Waals surface area contributed by atoms with E-state index in [-0.39, 0.29) is 17.8 Å². The smallest absolute Gasteiger partial charge is 0.255 e. The maximum atomic E-state index is 14.0. The third-order valence-corrected chi connectivity index (χ3v) is 4.84. The molecule has 6 heteroatoms. The molecule has 1 aromatic carbocycles. The van der Waals surface area contributed by atoms with Crippen molar-refractivity contribution in [2.24, 2.45) is 0 Å². The molecule has 23 heavy (non-hydrogen) atoms. The molecule has 2 fully saturated rings. The number of halogens is 1. The van der Waals surface area contributed by atoms with Crippen LogP contribution < -0.4 is 10.6 Å². The van der Waals surface area contributed by atoms with Gasteiger partial charge < -0.3 is 10.6 Å². The van der Waals surface area contributed by atoms with Crippen molar-refractivity contribution in [2.75, 3.05) is 0 Å². The number of carbonyl (C=O) groups is 1. The van der Waals surface area contributed by atoms with E-state index in [0.717, 1.165) is 12.8 Å². The average Bonchev–Trinajstić information content (AvgIpc) is 3.14. The van der Waals surface area contributed by atoms with Crippen molar-refractivity contribution < 1.29 is 9.18 Å². The number of nitrogens with one attached hydrogen (secondary N) is 3. The Bertz CT molecular complexity index is 717.